The van der Waals surface area contributed by atoms with E-state index in [-0.39, 0.29) is 17.0 Å². The summed E-state index contributed by atoms with van der Waals surface area (Å²) in [5.41, 5.74) is 0. The normalized spacial score (nSPS) is 7.57. The van der Waals surface area contributed by atoms with Crippen LogP contribution in [0.3, 0.4) is 0 Å². The first-order chi connectivity index (χ1) is 2.89. The lowest BCUT2D eigenvalue weighted by Crippen LogP contribution is -1.83. The van der Waals surface area contributed by atoms with Gasteiger partial charge in [-0.25, -0.2) is 4.98 Å². The molecule has 0 saturated carbocycles. The van der Waals surface area contributed by atoms with Crippen molar-refractivity contribution in [3.8, 4) is 0 Å². The Balaban J connectivity index is 0.000000360. The Kier molecular flexibility index (Phi) is 2.59. The summed E-state index contributed by atoms with van der Waals surface area (Å²) in [7, 11) is 1.83. The Labute approximate surface area is 52.1 Å². The van der Waals surface area contributed by atoms with Crippen molar-refractivity contribution >= 4 is 17.0 Å². The Morgan fingerprint density at radius 1 is 1.57 bits per heavy atom. The molecule has 0 aliphatic rings. The van der Waals surface area contributed by atoms with E-state index in [0.717, 1.165) is 0 Å². The lowest BCUT2D eigenvalue weighted by molar-refractivity contribution is 0.765. The number of halogens is 1. The topological polar surface area (TPSA) is 30.7 Å². The van der Waals surface area contributed by atoms with Crippen LogP contribution in [0.15, 0.2) is 12.7 Å². The van der Waals surface area contributed by atoms with E-state index in [9.17, 15) is 0 Å². The first-order valence-electron chi connectivity index (χ1n) is 1.68. The Bertz CT molecular complexity index is 114. The molecule has 0 saturated heterocycles. The quantitative estimate of drug-likeness (QED) is 0.555. The monoisotopic (exact) mass is 163 g/mol. The second kappa shape index (κ2) is 2.74. The van der Waals surface area contributed by atoms with Crippen LogP contribution in [-0.2, 0) is 7.05 Å². The predicted octanol–water partition coefficient (Wildman–Crippen LogP) is 0.393. The van der Waals surface area contributed by atoms with Crippen LogP contribution in [0.25, 0.3) is 0 Å². The van der Waals surface area contributed by atoms with Crippen LogP contribution in [0.4, 0.5) is 0 Å². The average molecular weight is 164 g/mol. The third kappa shape index (κ3) is 1.68. The molecule has 1 heterocycles. The molecule has 3 nitrogen and oxygen atoms in total. The van der Waals surface area contributed by atoms with E-state index in [2.05, 4.69) is 10.1 Å². The summed E-state index contributed by atoms with van der Waals surface area (Å²) in [6, 6.07) is 0. The summed E-state index contributed by atoms with van der Waals surface area (Å²) in [5.74, 6) is 0. The minimum Gasteiger partial charge on any atom is -0.256 e. The van der Waals surface area contributed by atoms with E-state index >= 15 is 0 Å². The molecule has 1 aromatic heterocycles. The van der Waals surface area contributed by atoms with Crippen molar-refractivity contribution in [2.45, 2.75) is 0 Å². The van der Waals surface area contributed by atoms with Gasteiger partial charge in [0.05, 0.1) is 0 Å². The highest BCUT2D eigenvalue weighted by atomic mass is 79.9. The zero-order valence-electron chi connectivity index (χ0n) is 3.90. The predicted molar refractivity (Wildman–Crippen MR) is 31.3 cm³/mol. The number of hydrogen-bond donors (Lipinski definition) is 0. The molecule has 0 N–H and O–H groups in total. The van der Waals surface area contributed by atoms with Crippen LogP contribution in [0.2, 0.25) is 0 Å². The molecular weight excluding hydrogens is 158 g/mol. The maximum absolute atomic E-state index is 3.72. The van der Waals surface area contributed by atoms with Gasteiger partial charge in [0, 0.05) is 7.05 Å². The van der Waals surface area contributed by atoms with Gasteiger partial charge in [0.15, 0.2) is 0 Å². The van der Waals surface area contributed by atoms with Gasteiger partial charge in [-0.1, -0.05) is 0 Å². The van der Waals surface area contributed by atoms with E-state index in [0.29, 0.717) is 0 Å². The third-order valence-corrected chi connectivity index (χ3v) is 0.534. The van der Waals surface area contributed by atoms with Gasteiger partial charge in [-0.3, -0.25) is 4.68 Å². The second-order valence-electron chi connectivity index (χ2n) is 1.07. The number of aromatic nitrogens is 3. The fourth-order valence-electron chi connectivity index (χ4n) is 0.267. The molecule has 0 fully saturated rings. The molecule has 0 bridgehead atoms. The molecular formula is C3H6BrN3. The fraction of sp³-hybridized carbons (Fsp3) is 0.333. The summed E-state index contributed by atoms with van der Waals surface area (Å²) in [4.78, 5) is 3.67. The van der Waals surface area contributed by atoms with Gasteiger partial charge in [0.25, 0.3) is 0 Å². The molecule has 0 spiro atoms. The highest BCUT2D eigenvalue weighted by molar-refractivity contribution is 8.93. The zero-order chi connectivity index (χ0) is 4.41. The van der Waals surface area contributed by atoms with Crippen molar-refractivity contribution in [3.05, 3.63) is 12.7 Å². The number of nitrogens with zero attached hydrogens (tertiary/aromatic N) is 3. The Morgan fingerprint density at radius 3 is 2.43 bits per heavy atom. The van der Waals surface area contributed by atoms with Gasteiger partial charge >= 0.3 is 0 Å². The van der Waals surface area contributed by atoms with Gasteiger partial charge in [0.1, 0.15) is 12.7 Å². The first-order valence-corrected chi connectivity index (χ1v) is 1.68. The Hall–Kier alpha value is -0.380. The van der Waals surface area contributed by atoms with Crippen LogP contribution in [0.1, 0.15) is 0 Å². The molecule has 0 atom stereocenters. The molecule has 40 valence electrons. The largest absolute Gasteiger partial charge is 0.256 e. The van der Waals surface area contributed by atoms with Crippen molar-refractivity contribution in [2.75, 3.05) is 0 Å². The minimum absolute atomic E-state index is 0. The minimum atomic E-state index is 0. The standard InChI is InChI=1S/C3H5N3.BrH/c1-6-3-4-2-5-6;/h2-3H,1H3;1H. The second-order valence-corrected chi connectivity index (χ2v) is 1.07. The number of rotatable bonds is 0. The van der Waals surface area contributed by atoms with Crippen LogP contribution in [0.5, 0.6) is 0 Å². The van der Waals surface area contributed by atoms with Crippen LogP contribution in [0, 0.1) is 0 Å². The van der Waals surface area contributed by atoms with E-state index in [1.54, 1.807) is 11.0 Å². The Morgan fingerprint density at radius 2 is 2.29 bits per heavy atom. The van der Waals surface area contributed by atoms with Gasteiger partial charge in [-0.2, -0.15) is 5.10 Å². The van der Waals surface area contributed by atoms with Crippen molar-refractivity contribution in [1.29, 1.82) is 0 Å². The molecule has 1 rings (SSSR count). The molecule has 0 aromatic carbocycles. The van der Waals surface area contributed by atoms with Crippen molar-refractivity contribution in [2.24, 2.45) is 7.05 Å². The summed E-state index contributed by atoms with van der Waals surface area (Å²) in [6.07, 6.45) is 3.14. The summed E-state index contributed by atoms with van der Waals surface area (Å²) < 4.78 is 1.64. The molecule has 0 unspecified atom stereocenters. The maximum Gasteiger partial charge on any atom is 0.137 e. The molecule has 0 aliphatic heterocycles. The van der Waals surface area contributed by atoms with Crippen LogP contribution >= 0.6 is 17.0 Å². The molecule has 0 amide bonds. The highest BCUT2D eigenvalue weighted by Gasteiger charge is 1.70. The number of hydrogen-bond acceptors (Lipinski definition) is 2. The maximum atomic E-state index is 3.72. The summed E-state index contributed by atoms with van der Waals surface area (Å²) >= 11 is 0. The summed E-state index contributed by atoms with van der Waals surface area (Å²) in [6.45, 7) is 0. The lowest BCUT2D eigenvalue weighted by Gasteiger charge is -1.74. The van der Waals surface area contributed by atoms with Crippen molar-refractivity contribution in [1.82, 2.24) is 14.8 Å². The van der Waals surface area contributed by atoms with Gasteiger partial charge < -0.3 is 0 Å². The smallest absolute Gasteiger partial charge is 0.137 e. The SMILES string of the molecule is Br.Cn1cncn1. The number of aryl methyl sites for hydroxylation is 1. The molecule has 0 aliphatic carbocycles. The third-order valence-electron chi connectivity index (χ3n) is 0.534. The van der Waals surface area contributed by atoms with E-state index in [1.807, 2.05) is 7.05 Å². The van der Waals surface area contributed by atoms with Gasteiger partial charge in [-0.15, -0.1) is 17.0 Å². The van der Waals surface area contributed by atoms with Crippen LogP contribution in [-0.4, -0.2) is 14.8 Å². The average Bonchev–Trinajstić information content (AvgIpc) is 1.86. The first kappa shape index (κ1) is 6.62. The summed E-state index contributed by atoms with van der Waals surface area (Å²) in [5, 5.41) is 3.72. The van der Waals surface area contributed by atoms with Crippen molar-refractivity contribution < 1.29 is 0 Å². The fourth-order valence-corrected chi connectivity index (χ4v) is 0.267. The van der Waals surface area contributed by atoms with E-state index in [1.165, 1.54) is 6.33 Å². The van der Waals surface area contributed by atoms with Gasteiger partial charge in [-0.05, 0) is 0 Å². The van der Waals surface area contributed by atoms with Gasteiger partial charge in [0.2, 0.25) is 0 Å². The molecule has 7 heavy (non-hydrogen) atoms. The zero-order valence-corrected chi connectivity index (χ0v) is 5.62. The molecule has 0 radical (unpaired) electrons. The van der Waals surface area contributed by atoms with Crippen molar-refractivity contribution in [3.63, 3.8) is 0 Å². The highest BCUT2D eigenvalue weighted by Crippen LogP contribution is 1.64. The molecule has 4 heteroatoms. The van der Waals surface area contributed by atoms with E-state index < -0.39 is 0 Å². The lowest BCUT2D eigenvalue weighted by atomic mass is 11.2. The van der Waals surface area contributed by atoms with Crippen LogP contribution < -0.4 is 0 Å². The van der Waals surface area contributed by atoms with E-state index in [4.69, 9.17) is 0 Å². The molecule has 1 aromatic rings.